The van der Waals surface area contributed by atoms with Gasteiger partial charge in [-0.05, 0) is 44.4 Å². The van der Waals surface area contributed by atoms with E-state index in [2.05, 4.69) is 22.1 Å². The van der Waals surface area contributed by atoms with E-state index in [1.807, 2.05) is 17.9 Å². The molecule has 2 saturated heterocycles. The standard InChI is InChI=1S/C17H24N4O2/c1-3-20-7-6-14-4-5-15(11-20)21(14)17(23)16(22)19-13-8-12(2)9-18-10-13/h8-10,14-15H,3-7,11H2,1-2H3,(H,19,22)/t14-,15+/m1/s1. The summed E-state index contributed by atoms with van der Waals surface area (Å²) in [6, 6.07) is 2.18. The Hall–Kier alpha value is -1.95. The maximum absolute atomic E-state index is 12.7. The van der Waals surface area contributed by atoms with E-state index >= 15 is 0 Å². The van der Waals surface area contributed by atoms with Gasteiger partial charge in [0.1, 0.15) is 0 Å². The fourth-order valence-corrected chi connectivity index (χ4v) is 3.69. The van der Waals surface area contributed by atoms with E-state index in [0.717, 1.165) is 44.5 Å². The highest BCUT2D eigenvalue weighted by Crippen LogP contribution is 2.30. The molecule has 2 fully saturated rings. The van der Waals surface area contributed by atoms with Gasteiger partial charge in [-0.3, -0.25) is 14.6 Å². The van der Waals surface area contributed by atoms with Gasteiger partial charge >= 0.3 is 11.8 Å². The molecule has 6 heteroatoms. The minimum Gasteiger partial charge on any atom is -0.327 e. The van der Waals surface area contributed by atoms with Crippen LogP contribution in [0.5, 0.6) is 0 Å². The number of carbonyl (C=O) groups excluding carboxylic acids is 2. The van der Waals surface area contributed by atoms with Crippen molar-refractivity contribution in [2.45, 2.75) is 45.2 Å². The number of rotatable bonds is 2. The molecule has 3 heterocycles. The Morgan fingerprint density at radius 2 is 2.04 bits per heavy atom. The average Bonchev–Trinajstić information content (AvgIpc) is 2.81. The number of hydrogen-bond donors (Lipinski definition) is 1. The van der Waals surface area contributed by atoms with Gasteiger partial charge in [-0.25, -0.2) is 0 Å². The molecule has 0 unspecified atom stereocenters. The molecule has 0 saturated carbocycles. The molecular weight excluding hydrogens is 292 g/mol. The highest BCUT2D eigenvalue weighted by molar-refractivity contribution is 6.39. The zero-order valence-corrected chi connectivity index (χ0v) is 13.8. The third-order valence-corrected chi connectivity index (χ3v) is 4.88. The van der Waals surface area contributed by atoms with Gasteiger partial charge in [-0.2, -0.15) is 0 Å². The summed E-state index contributed by atoms with van der Waals surface area (Å²) in [4.78, 5) is 33.3. The van der Waals surface area contributed by atoms with Crippen LogP contribution in [-0.4, -0.2) is 58.3 Å². The summed E-state index contributed by atoms with van der Waals surface area (Å²) in [5.74, 6) is -0.962. The average molecular weight is 316 g/mol. The Balaban J connectivity index is 1.70. The molecule has 0 aromatic carbocycles. The molecule has 2 aliphatic heterocycles. The monoisotopic (exact) mass is 316 g/mol. The number of pyridine rings is 1. The van der Waals surface area contributed by atoms with E-state index in [-0.39, 0.29) is 12.1 Å². The number of amides is 2. The zero-order chi connectivity index (χ0) is 16.4. The maximum atomic E-state index is 12.7. The quantitative estimate of drug-likeness (QED) is 0.838. The molecule has 6 nitrogen and oxygen atoms in total. The minimum atomic E-state index is -0.556. The number of nitrogens with one attached hydrogen (secondary N) is 1. The molecule has 2 bridgehead atoms. The van der Waals surface area contributed by atoms with Crippen molar-refractivity contribution in [3.63, 3.8) is 0 Å². The molecule has 3 rings (SSSR count). The molecule has 0 aliphatic carbocycles. The van der Waals surface area contributed by atoms with Crippen molar-refractivity contribution < 1.29 is 9.59 Å². The summed E-state index contributed by atoms with van der Waals surface area (Å²) in [6.45, 7) is 6.91. The van der Waals surface area contributed by atoms with Crippen molar-refractivity contribution in [1.82, 2.24) is 14.8 Å². The first-order chi connectivity index (χ1) is 11.1. The minimum absolute atomic E-state index is 0.163. The van der Waals surface area contributed by atoms with Crippen LogP contribution < -0.4 is 5.32 Å². The third-order valence-electron chi connectivity index (χ3n) is 4.88. The van der Waals surface area contributed by atoms with Crippen LogP contribution in [0.15, 0.2) is 18.5 Å². The summed E-state index contributed by atoms with van der Waals surface area (Å²) in [5.41, 5.74) is 1.52. The Morgan fingerprint density at radius 1 is 1.26 bits per heavy atom. The normalized spacial score (nSPS) is 24.3. The molecule has 1 N–H and O–H groups in total. The lowest BCUT2D eigenvalue weighted by molar-refractivity contribution is -0.145. The largest absolute Gasteiger partial charge is 0.327 e. The number of nitrogens with zero attached hydrogens (tertiary/aromatic N) is 3. The first kappa shape index (κ1) is 15.9. The summed E-state index contributed by atoms with van der Waals surface area (Å²) in [7, 11) is 0. The Morgan fingerprint density at radius 3 is 2.78 bits per heavy atom. The van der Waals surface area contributed by atoms with Crippen LogP contribution in [0.4, 0.5) is 5.69 Å². The number of hydrogen-bond acceptors (Lipinski definition) is 4. The second kappa shape index (κ2) is 6.66. The van der Waals surface area contributed by atoms with E-state index in [4.69, 9.17) is 0 Å². The lowest BCUT2D eigenvalue weighted by atomic mass is 10.1. The lowest BCUT2D eigenvalue weighted by Crippen LogP contribution is -2.47. The molecule has 23 heavy (non-hydrogen) atoms. The van der Waals surface area contributed by atoms with E-state index in [0.29, 0.717) is 5.69 Å². The van der Waals surface area contributed by atoms with Gasteiger partial charge in [0.05, 0.1) is 11.9 Å². The van der Waals surface area contributed by atoms with Crippen LogP contribution in [0.3, 0.4) is 0 Å². The van der Waals surface area contributed by atoms with Crippen molar-refractivity contribution in [1.29, 1.82) is 0 Å². The Kier molecular flexibility index (Phi) is 4.61. The van der Waals surface area contributed by atoms with Gasteiger partial charge in [0.25, 0.3) is 0 Å². The van der Waals surface area contributed by atoms with E-state index in [1.165, 1.54) is 0 Å². The lowest BCUT2D eigenvalue weighted by Gasteiger charge is -2.28. The van der Waals surface area contributed by atoms with E-state index in [9.17, 15) is 9.59 Å². The van der Waals surface area contributed by atoms with Gasteiger partial charge < -0.3 is 15.1 Å². The first-order valence-corrected chi connectivity index (χ1v) is 8.36. The number of fused-ring (bicyclic) bond motifs is 2. The highest BCUT2D eigenvalue weighted by Gasteiger charge is 2.41. The fraction of sp³-hybridized carbons (Fsp3) is 0.588. The second-order valence-electron chi connectivity index (χ2n) is 6.48. The number of likely N-dealkylation sites (N-methyl/N-ethyl adjacent to an activating group) is 1. The summed E-state index contributed by atoms with van der Waals surface area (Å²) in [5, 5.41) is 2.69. The topological polar surface area (TPSA) is 65.5 Å². The van der Waals surface area contributed by atoms with Crippen molar-refractivity contribution in [3.8, 4) is 0 Å². The van der Waals surface area contributed by atoms with Crippen LogP contribution in [0, 0.1) is 6.92 Å². The molecular formula is C17H24N4O2. The predicted octanol–water partition coefficient (Wildman–Crippen LogP) is 1.41. The molecule has 124 valence electrons. The molecule has 1 aromatic heterocycles. The summed E-state index contributed by atoms with van der Waals surface area (Å²) >= 11 is 0. The molecule has 0 spiro atoms. The predicted molar refractivity (Wildman–Crippen MR) is 88.0 cm³/mol. The van der Waals surface area contributed by atoms with E-state index < -0.39 is 11.8 Å². The molecule has 0 radical (unpaired) electrons. The number of anilines is 1. The fourth-order valence-electron chi connectivity index (χ4n) is 3.69. The van der Waals surface area contributed by atoms with E-state index in [1.54, 1.807) is 12.4 Å². The number of carbonyl (C=O) groups is 2. The van der Waals surface area contributed by atoms with Gasteiger partial charge in [-0.1, -0.05) is 6.92 Å². The number of likely N-dealkylation sites (tertiary alicyclic amines) is 1. The van der Waals surface area contributed by atoms with Crippen molar-refractivity contribution >= 4 is 17.5 Å². The number of aryl methyl sites for hydroxylation is 1. The van der Waals surface area contributed by atoms with Gasteiger partial charge in [0.2, 0.25) is 0 Å². The summed E-state index contributed by atoms with van der Waals surface area (Å²) < 4.78 is 0. The molecule has 2 atom stereocenters. The second-order valence-corrected chi connectivity index (χ2v) is 6.48. The van der Waals surface area contributed by atoms with Crippen LogP contribution in [0.1, 0.15) is 31.7 Å². The van der Waals surface area contributed by atoms with Gasteiger partial charge in [0, 0.05) is 31.4 Å². The third kappa shape index (κ3) is 3.37. The van der Waals surface area contributed by atoms with Crippen LogP contribution >= 0.6 is 0 Å². The molecule has 2 aliphatic rings. The molecule has 2 amide bonds. The van der Waals surface area contributed by atoms with Crippen molar-refractivity contribution in [2.24, 2.45) is 0 Å². The highest BCUT2D eigenvalue weighted by atomic mass is 16.2. The van der Waals surface area contributed by atoms with Crippen molar-refractivity contribution in [3.05, 3.63) is 24.0 Å². The Labute approximate surface area is 136 Å². The van der Waals surface area contributed by atoms with Crippen LogP contribution in [-0.2, 0) is 9.59 Å². The summed E-state index contributed by atoms with van der Waals surface area (Å²) in [6.07, 6.45) is 6.23. The SMILES string of the molecule is CCN1CC[C@H]2CC[C@@H](C1)N2C(=O)C(=O)Nc1cncc(C)c1. The molecule has 1 aromatic rings. The number of aromatic nitrogens is 1. The van der Waals surface area contributed by atoms with Gasteiger partial charge in [-0.15, -0.1) is 0 Å². The smallest absolute Gasteiger partial charge is 0.313 e. The van der Waals surface area contributed by atoms with Crippen molar-refractivity contribution in [2.75, 3.05) is 25.0 Å². The van der Waals surface area contributed by atoms with Gasteiger partial charge in [0.15, 0.2) is 0 Å². The Bertz CT molecular complexity index is 604. The van der Waals surface area contributed by atoms with Crippen LogP contribution in [0.2, 0.25) is 0 Å². The maximum Gasteiger partial charge on any atom is 0.313 e. The van der Waals surface area contributed by atoms with Crippen LogP contribution in [0.25, 0.3) is 0 Å². The first-order valence-electron chi connectivity index (χ1n) is 8.36. The zero-order valence-electron chi connectivity index (χ0n) is 13.8.